The Bertz CT molecular complexity index is 1010. The molecule has 1 amide bonds. The third-order valence-electron chi connectivity index (χ3n) is 3.34. The van der Waals surface area contributed by atoms with Gasteiger partial charge in [-0.2, -0.15) is 0 Å². The van der Waals surface area contributed by atoms with E-state index >= 15 is 0 Å². The number of hydrogen-bond acceptors (Lipinski definition) is 7. The van der Waals surface area contributed by atoms with E-state index in [2.05, 4.69) is 15.5 Å². The highest BCUT2D eigenvalue weighted by Crippen LogP contribution is 2.32. The molecule has 1 heterocycles. The molecule has 3 rings (SSSR count). The molecule has 0 fully saturated rings. The Morgan fingerprint density at radius 3 is 2.74 bits per heavy atom. The van der Waals surface area contributed by atoms with Crippen LogP contribution in [0.15, 0.2) is 46.8 Å². The number of carbonyl (C=O) groups is 1. The van der Waals surface area contributed by atoms with E-state index in [-0.39, 0.29) is 16.4 Å². The predicted octanol–water partition coefficient (Wildman–Crippen LogP) is 5.30. The molecule has 0 saturated carbocycles. The van der Waals surface area contributed by atoms with Crippen molar-refractivity contribution >= 4 is 63.0 Å². The number of carbonyl (C=O) groups excluding carboxylic acids is 1. The average Bonchev–Trinajstić information content (AvgIpc) is 3.08. The van der Waals surface area contributed by atoms with Crippen molar-refractivity contribution in [1.82, 2.24) is 10.2 Å². The summed E-state index contributed by atoms with van der Waals surface area (Å²) in [6.07, 6.45) is 0. The second-order valence-electron chi connectivity index (χ2n) is 5.13. The number of amides is 1. The molecule has 2 aromatic carbocycles. The maximum absolute atomic E-state index is 12.3. The van der Waals surface area contributed by atoms with Gasteiger partial charge in [-0.1, -0.05) is 64.5 Å². The number of hydrogen-bond donors (Lipinski definition) is 1. The molecule has 27 heavy (non-hydrogen) atoms. The number of nitro benzene ring substituents is 1. The molecule has 1 aromatic heterocycles. The molecule has 0 atom stereocenters. The topological polar surface area (TPSA) is 98.0 Å². The first-order chi connectivity index (χ1) is 12.9. The first-order valence-corrected chi connectivity index (χ1v) is 9.95. The lowest BCUT2D eigenvalue weighted by atomic mass is 10.1. The van der Waals surface area contributed by atoms with E-state index < -0.39 is 10.8 Å². The van der Waals surface area contributed by atoms with E-state index in [0.717, 1.165) is 5.56 Å². The van der Waals surface area contributed by atoms with Crippen LogP contribution in [0.25, 0.3) is 0 Å². The normalized spacial score (nSPS) is 10.6. The zero-order chi connectivity index (χ0) is 19.4. The van der Waals surface area contributed by atoms with Crippen LogP contribution >= 0.6 is 46.3 Å². The monoisotopic (exact) mass is 440 g/mol. The lowest BCUT2D eigenvalue weighted by Gasteiger charge is -2.02. The predicted molar refractivity (Wildman–Crippen MR) is 107 cm³/mol. The first-order valence-electron chi connectivity index (χ1n) is 7.39. The highest BCUT2D eigenvalue weighted by molar-refractivity contribution is 8.00. The molecular weight excluding hydrogens is 431 g/mol. The fraction of sp³-hybridized carbons (Fsp3) is 0.0625. The molecular formula is C16H10Cl2N4O3S2. The van der Waals surface area contributed by atoms with Gasteiger partial charge in [-0.3, -0.25) is 20.2 Å². The molecule has 11 heteroatoms. The van der Waals surface area contributed by atoms with Crippen molar-refractivity contribution < 1.29 is 9.72 Å². The number of benzene rings is 2. The molecule has 0 aliphatic rings. The van der Waals surface area contributed by atoms with Gasteiger partial charge < -0.3 is 0 Å². The van der Waals surface area contributed by atoms with Gasteiger partial charge in [0.25, 0.3) is 11.6 Å². The average molecular weight is 441 g/mol. The zero-order valence-electron chi connectivity index (χ0n) is 13.4. The van der Waals surface area contributed by atoms with E-state index in [1.54, 1.807) is 18.2 Å². The largest absolute Gasteiger partial charge is 0.296 e. The first kappa shape index (κ1) is 19.6. The number of nitro groups is 1. The van der Waals surface area contributed by atoms with Gasteiger partial charge >= 0.3 is 0 Å². The van der Waals surface area contributed by atoms with E-state index in [1.807, 2.05) is 6.07 Å². The quantitative estimate of drug-likeness (QED) is 0.241. The number of anilines is 1. The van der Waals surface area contributed by atoms with Crippen molar-refractivity contribution in [2.45, 2.75) is 10.1 Å². The van der Waals surface area contributed by atoms with Crippen LogP contribution in [-0.4, -0.2) is 21.0 Å². The Morgan fingerprint density at radius 1 is 1.22 bits per heavy atom. The molecule has 0 spiro atoms. The molecule has 138 valence electrons. The van der Waals surface area contributed by atoms with Crippen molar-refractivity contribution in [3.8, 4) is 0 Å². The van der Waals surface area contributed by atoms with Crippen molar-refractivity contribution in [2.75, 3.05) is 5.32 Å². The number of nitrogens with one attached hydrogen (secondary N) is 1. The van der Waals surface area contributed by atoms with E-state index in [1.165, 1.54) is 41.3 Å². The van der Waals surface area contributed by atoms with Gasteiger partial charge in [0.05, 0.1) is 4.92 Å². The Hall–Kier alpha value is -2.20. The smallest absolute Gasteiger partial charge is 0.282 e. The maximum Gasteiger partial charge on any atom is 0.282 e. The van der Waals surface area contributed by atoms with Crippen molar-refractivity contribution in [2.24, 2.45) is 0 Å². The van der Waals surface area contributed by atoms with Gasteiger partial charge in [0.15, 0.2) is 4.34 Å². The lowest BCUT2D eigenvalue weighted by molar-refractivity contribution is -0.385. The van der Waals surface area contributed by atoms with Crippen LogP contribution in [0.3, 0.4) is 0 Å². The third kappa shape index (κ3) is 4.95. The van der Waals surface area contributed by atoms with Gasteiger partial charge in [0, 0.05) is 21.9 Å². The minimum atomic E-state index is -0.615. The fourth-order valence-corrected chi connectivity index (χ4v) is 4.39. The van der Waals surface area contributed by atoms with Crippen LogP contribution in [0.1, 0.15) is 15.9 Å². The molecule has 0 radical (unpaired) electrons. The van der Waals surface area contributed by atoms with Crippen molar-refractivity contribution in [3.05, 3.63) is 73.8 Å². The Morgan fingerprint density at radius 2 is 2.00 bits per heavy atom. The number of rotatable bonds is 6. The highest BCUT2D eigenvalue weighted by atomic mass is 35.5. The minimum Gasteiger partial charge on any atom is -0.296 e. The van der Waals surface area contributed by atoms with Gasteiger partial charge in [0.2, 0.25) is 5.13 Å². The summed E-state index contributed by atoms with van der Waals surface area (Å²) in [5.41, 5.74) is 0.582. The van der Waals surface area contributed by atoms with Crippen LogP contribution < -0.4 is 5.32 Å². The second-order valence-corrected chi connectivity index (χ2v) is 8.17. The second kappa shape index (κ2) is 8.66. The third-order valence-corrected chi connectivity index (χ3v) is 5.95. The van der Waals surface area contributed by atoms with Crippen LogP contribution in [0.5, 0.6) is 0 Å². The summed E-state index contributed by atoms with van der Waals surface area (Å²) in [7, 11) is 0. The number of para-hydroxylation sites is 1. The summed E-state index contributed by atoms with van der Waals surface area (Å²) in [6, 6.07) is 10.9. The van der Waals surface area contributed by atoms with Gasteiger partial charge in [0.1, 0.15) is 5.56 Å². The van der Waals surface area contributed by atoms with E-state index in [0.29, 0.717) is 20.1 Å². The summed E-state index contributed by atoms with van der Waals surface area (Å²) >= 11 is 14.6. The SMILES string of the molecule is O=C(Nc1nnc(SCc2ccc(Cl)cc2Cl)s1)c1ccccc1[N+](=O)[O-]. The standard InChI is InChI=1S/C16H10Cl2N4O3S2/c17-10-6-5-9(12(18)7-10)8-26-16-21-20-15(27-16)19-14(23)11-3-1-2-4-13(11)22(24)25/h1-7H,8H2,(H,19,20,23). The minimum absolute atomic E-state index is 0.0418. The van der Waals surface area contributed by atoms with Crippen LogP contribution in [0.4, 0.5) is 10.8 Å². The van der Waals surface area contributed by atoms with E-state index in [9.17, 15) is 14.9 Å². The number of halogens is 2. The van der Waals surface area contributed by atoms with Crippen molar-refractivity contribution in [1.29, 1.82) is 0 Å². The molecule has 0 saturated heterocycles. The zero-order valence-corrected chi connectivity index (χ0v) is 16.5. The molecule has 0 aliphatic heterocycles. The summed E-state index contributed by atoms with van der Waals surface area (Å²) in [5, 5.41) is 22.8. The van der Waals surface area contributed by atoms with Gasteiger partial charge in [-0.05, 0) is 23.8 Å². The van der Waals surface area contributed by atoms with Crippen molar-refractivity contribution in [3.63, 3.8) is 0 Å². The van der Waals surface area contributed by atoms with Crippen LogP contribution in [-0.2, 0) is 5.75 Å². The molecule has 3 aromatic rings. The van der Waals surface area contributed by atoms with Crippen LogP contribution in [0, 0.1) is 10.1 Å². The maximum atomic E-state index is 12.3. The molecule has 7 nitrogen and oxygen atoms in total. The number of nitrogens with zero attached hydrogens (tertiary/aromatic N) is 3. The van der Waals surface area contributed by atoms with E-state index in [4.69, 9.17) is 23.2 Å². The highest BCUT2D eigenvalue weighted by Gasteiger charge is 2.20. The lowest BCUT2D eigenvalue weighted by Crippen LogP contribution is -2.13. The Kier molecular flexibility index (Phi) is 6.27. The molecule has 0 aliphatic carbocycles. The summed E-state index contributed by atoms with van der Waals surface area (Å²) in [4.78, 5) is 22.7. The fourth-order valence-electron chi connectivity index (χ4n) is 2.09. The molecule has 0 bridgehead atoms. The molecule has 1 N–H and O–H groups in total. The van der Waals surface area contributed by atoms with Gasteiger partial charge in [-0.25, -0.2) is 0 Å². The Labute approximate surface area is 171 Å². The number of aromatic nitrogens is 2. The Balaban J connectivity index is 1.66. The van der Waals surface area contributed by atoms with Crippen LogP contribution in [0.2, 0.25) is 10.0 Å². The van der Waals surface area contributed by atoms with Gasteiger partial charge in [-0.15, -0.1) is 10.2 Å². The number of thioether (sulfide) groups is 1. The molecule has 0 unspecified atom stereocenters. The summed E-state index contributed by atoms with van der Waals surface area (Å²) < 4.78 is 0.624. The summed E-state index contributed by atoms with van der Waals surface area (Å²) in [6.45, 7) is 0. The summed E-state index contributed by atoms with van der Waals surface area (Å²) in [5.74, 6) is -0.0568.